The molecule has 5 nitrogen and oxygen atoms in total. The number of hydrogen-bond acceptors (Lipinski definition) is 4. The van der Waals surface area contributed by atoms with E-state index in [0.717, 1.165) is 0 Å². The number of carbonyl (C=O) groups is 1. The number of aromatic nitrogens is 2. The first kappa shape index (κ1) is 13.4. The van der Waals surface area contributed by atoms with E-state index in [2.05, 4.69) is 5.10 Å². The maximum Gasteiger partial charge on any atom is 0.184 e. The van der Waals surface area contributed by atoms with E-state index in [-0.39, 0.29) is 12.3 Å². The molecule has 2 rings (SSSR count). The lowest BCUT2D eigenvalue weighted by molar-refractivity contribution is 0.0967. The van der Waals surface area contributed by atoms with Crippen LogP contribution in [0.4, 0.5) is 0 Å². The van der Waals surface area contributed by atoms with E-state index in [0.29, 0.717) is 22.1 Å². The van der Waals surface area contributed by atoms with Gasteiger partial charge in [-0.3, -0.25) is 9.48 Å². The van der Waals surface area contributed by atoms with Crippen LogP contribution in [-0.2, 0) is 6.54 Å². The predicted molar refractivity (Wildman–Crippen MR) is 71.1 cm³/mol. The highest BCUT2D eigenvalue weighted by molar-refractivity contribution is 6.30. The van der Waals surface area contributed by atoms with Crippen LogP contribution in [0.3, 0.4) is 0 Å². The van der Waals surface area contributed by atoms with Crippen molar-refractivity contribution in [2.45, 2.75) is 6.54 Å². The average molecular weight is 281 g/mol. The topological polar surface area (TPSA) is 53.4 Å². The van der Waals surface area contributed by atoms with E-state index in [1.807, 2.05) is 0 Å². The van der Waals surface area contributed by atoms with Gasteiger partial charge in [0, 0.05) is 11.8 Å². The van der Waals surface area contributed by atoms with E-state index in [1.165, 1.54) is 18.0 Å². The Morgan fingerprint density at radius 1 is 1.32 bits per heavy atom. The third kappa shape index (κ3) is 3.06. The predicted octanol–water partition coefficient (Wildman–Crippen LogP) is 2.44. The third-order valence-corrected chi connectivity index (χ3v) is 2.81. The molecule has 1 aromatic heterocycles. The van der Waals surface area contributed by atoms with Crippen molar-refractivity contribution >= 4 is 17.4 Å². The Bertz CT molecular complexity index is 595. The zero-order valence-electron chi connectivity index (χ0n) is 10.6. The number of ether oxygens (including phenoxy) is 2. The van der Waals surface area contributed by atoms with Gasteiger partial charge in [-0.05, 0) is 18.2 Å². The van der Waals surface area contributed by atoms with Gasteiger partial charge in [0.05, 0.1) is 25.4 Å². The van der Waals surface area contributed by atoms with E-state index < -0.39 is 0 Å². The molecule has 0 fully saturated rings. The van der Waals surface area contributed by atoms with Crippen LogP contribution in [0.25, 0.3) is 0 Å². The van der Waals surface area contributed by atoms with Gasteiger partial charge in [0.15, 0.2) is 17.3 Å². The Morgan fingerprint density at radius 3 is 2.63 bits per heavy atom. The van der Waals surface area contributed by atoms with Crippen molar-refractivity contribution in [3.63, 3.8) is 0 Å². The summed E-state index contributed by atoms with van der Waals surface area (Å²) in [5.74, 6) is 1.02. The molecule has 0 amide bonds. The molecule has 6 heteroatoms. The Morgan fingerprint density at radius 2 is 2.05 bits per heavy atom. The van der Waals surface area contributed by atoms with Crippen LogP contribution >= 0.6 is 11.6 Å². The number of Topliss-reactive ketones (excluding diaryl/α,β-unsaturated/α-hetero) is 1. The largest absolute Gasteiger partial charge is 0.493 e. The molecule has 0 atom stereocenters. The highest BCUT2D eigenvalue weighted by atomic mass is 35.5. The van der Waals surface area contributed by atoms with Crippen molar-refractivity contribution < 1.29 is 14.3 Å². The van der Waals surface area contributed by atoms with Crippen molar-refractivity contribution in [2.75, 3.05) is 14.2 Å². The van der Waals surface area contributed by atoms with Crippen molar-refractivity contribution in [1.29, 1.82) is 0 Å². The van der Waals surface area contributed by atoms with Crippen LogP contribution in [0.2, 0.25) is 5.02 Å². The number of benzene rings is 1. The molecule has 1 heterocycles. The number of rotatable bonds is 5. The summed E-state index contributed by atoms with van der Waals surface area (Å²) in [4.78, 5) is 12.1. The van der Waals surface area contributed by atoms with Gasteiger partial charge in [0.2, 0.25) is 0 Å². The van der Waals surface area contributed by atoms with Crippen LogP contribution in [0.1, 0.15) is 10.4 Å². The number of methoxy groups -OCH3 is 2. The fraction of sp³-hybridized carbons (Fsp3) is 0.231. The lowest BCUT2D eigenvalue weighted by Gasteiger charge is -2.09. The summed E-state index contributed by atoms with van der Waals surface area (Å²) in [6, 6.07) is 5.03. The lowest BCUT2D eigenvalue weighted by atomic mass is 10.1. The first-order valence-corrected chi connectivity index (χ1v) is 5.95. The Labute approximate surface area is 115 Å². The highest BCUT2D eigenvalue weighted by Gasteiger charge is 2.11. The second-order valence-corrected chi connectivity index (χ2v) is 4.29. The summed E-state index contributed by atoms with van der Waals surface area (Å²) in [5.41, 5.74) is 0.532. The summed E-state index contributed by atoms with van der Waals surface area (Å²) in [5, 5.41) is 4.47. The fourth-order valence-corrected chi connectivity index (χ4v) is 1.83. The van der Waals surface area contributed by atoms with Crippen molar-refractivity contribution in [2.24, 2.45) is 0 Å². The molecule has 1 aromatic carbocycles. The number of hydrogen-bond donors (Lipinski definition) is 0. The maximum absolute atomic E-state index is 12.1. The van der Waals surface area contributed by atoms with Gasteiger partial charge in [0.1, 0.15) is 6.54 Å². The Balaban J connectivity index is 2.19. The summed E-state index contributed by atoms with van der Waals surface area (Å²) in [6.45, 7) is 0.127. The zero-order chi connectivity index (χ0) is 13.8. The second-order valence-electron chi connectivity index (χ2n) is 3.85. The van der Waals surface area contributed by atoms with E-state index in [9.17, 15) is 4.79 Å². The minimum Gasteiger partial charge on any atom is -0.493 e. The van der Waals surface area contributed by atoms with Gasteiger partial charge in [0.25, 0.3) is 0 Å². The normalized spacial score (nSPS) is 10.3. The third-order valence-electron chi connectivity index (χ3n) is 2.61. The standard InChI is InChI=1S/C13H13ClN2O3/c1-18-12-4-3-9(5-13(12)19-2)11(17)8-16-7-10(14)6-15-16/h3-7H,8H2,1-2H3. The monoisotopic (exact) mass is 280 g/mol. The van der Waals surface area contributed by atoms with Crippen LogP contribution in [0.15, 0.2) is 30.6 Å². The molecule has 0 aliphatic rings. The summed E-state index contributed by atoms with van der Waals surface area (Å²) < 4.78 is 11.8. The Hall–Kier alpha value is -2.01. The second kappa shape index (κ2) is 5.75. The quantitative estimate of drug-likeness (QED) is 0.790. The molecular formula is C13H13ClN2O3. The molecule has 0 saturated carbocycles. The van der Waals surface area contributed by atoms with E-state index in [1.54, 1.807) is 31.5 Å². The van der Waals surface area contributed by atoms with Gasteiger partial charge in [-0.2, -0.15) is 5.10 Å². The van der Waals surface area contributed by atoms with Crippen molar-refractivity contribution in [3.05, 3.63) is 41.2 Å². The molecule has 19 heavy (non-hydrogen) atoms. The number of nitrogens with zero attached hydrogens (tertiary/aromatic N) is 2. The minimum absolute atomic E-state index is 0.0827. The summed E-state index contributed by atoms with van der Waals surface area (Å²) in [7, 11) is 3.07. The first-order valence-electron chi connectivity index (χ1n) is 5.57. The van der Waals surface area contributed by atoms with E-state index >= 15 is 0 Å². The van der Waals surface area contributed by atoms with Crippen molar-refractivity contribution in [1.82, 2.24) is 9.78 Å². The molecule has 0 radical (unpaired) electrons. The van der Waals surface area contributed by atoms with Gasteiger partial charge in [-0.25, -0.2) is 0 Å². The molecule has 2 aromatic rings. The molecule has 0 bridgehead atoms. The average Bonchev–Trinajstić information content (AvgIpc) is 2.83. The highest BCUT2D eigenvalue weighted by Crippen LogP contribution is 2.27. The molecule has 0 aliphatic heterocycles. The van der Waals surface area contributed by atoms with Crippen LogP contribution in [0.5, 0.6) is 11.5 Å². The fourth-order valence-electron chi connectivity index (χ4n) is 1.67. The molecular weight excluding hydrogens is 268 g/mol. The van der Waals surface area contributed by atoms with Crippen molar-refractivity contribution in [3.8, 4) is 11.5 Å². The number of carbonyl (C=O) groups excluding carboxylic acids is 1. The summed E-state index contributed by atoms with van der Waals surface area (Å²) in [6.07, 6.45) is 3.09. The molecule has 0 unspecified atom stereocenters. The van der Waals surface area contributed by atoms with Crippen LogP contribution in [-0.4, -0.2) is 29.8 Å². The van der Waals surface area contributed by atoms with E-state index in [4.69, 9.17) is 21.1 Å². The van der Waals surface area contributed by atoms with Gasteiger partial charge < -0.3 is 9.47 Å². The maximum atomic E-state index is 12.1. The Kier molecular flexibility index (Phi) is 4.06. The van der Waals surface area contributed by atoms with Crippen LogP contribution in [0, 0.1) is 0 Å². The molecule has 0 N–H and O–H groups in total. The van der Waals surface area contributed by atoms with Gasteiger partial charge in [-0.15, -0.1) is 0 Å². The number of halogens is 1. The molecule has 0 aliphatic carbocycles. The molecule has 0 spiro atoms. The lowest BCUT2D eigenvalue weighted by Crippen LogP contribution is -2.11. The SMILES string of the molecule is COc1ccc(C(=O)Cn2cc(Cl)cn2)cc1OC. The summed E-state index contributed by atoms with van der Waals surface area (Å²) >= 11 is 5.75. The molecule has 0 saturated heterocycles. The molecule has 100 valence electrons. The number of ketones is 1. The smallest absolute Gasteiger partial charge is 0.184 e. The van der Waals surface area contributed by atoms with Gasteiger partial charge >= 0.3 is 0 Å². The van der Waals surface area contributed by atoms with Crippen LogP contribution < -0.4 is 9.47 Å². The van der Waals surface area contributed by atoms with Gasteiger partial charge in [-0.1, -0.05) is 11.6 Å². The minimum atomic E-state index is -0.0827. The first-order chi connectivity index (χ1) is 9.13. The zero-order valence-corrected chi connectivity index (χ0v) is 11.3.